The molecule has 1 aromatic heterocycles. The zero-order valence-electron chi connectivity index (χ0n) is 18.4. The second kappa shape index (κ2) is 15.1. The average Bonchev–Trinajstić information content (AvgIpc) is 3.20. The summed E-state index contributed by atoms with van der Waals surface area (Å²) in [7, 11) is 1.69. The van der Waals surface area contributed by atoms with Crippen LogP contribution in [0.3, 0.4) is 0 Å². The Morgan fingerprint density at radius 3 is 2.67 bits per heavy atom. The average molecular weight is 530 g/mol. The zero-order valence-corrected chi connectivity index (χ0v) is 20.8. The Morgan fingerprint density at radius 2 is 1.97 bits per heavy atom. The molecule has 1 heterocycles. The van der Waals surface area contributed by atoms with Crippen LogP contribution >= 0.6 is 24.0 Å². The van der Waals surface area contributed by atoms with Crippen LogP contribution < -0.4 is 15.4 Å². The quantitative estimate of drug-likeness (QED) is 0.170. The minimum Gasteiger partial charge on any atom is -0.493 e. The molecule has 1 aromatic carbocycles. The van der Waals surface area contributed by atoms with Gasteiger partial charge in [0.05, 0.1) is 12.3 Å². The lowest BCUT2D eigenvalue weighted by Crippen LogP contribution is -2.30. The van der Waals surface area contributed by atoms with Crippen LogP contribution in [0.2, 0.25) is 0 Å². The lowest BCUT2D eigenvalue weighted by atomic mass is 9.99. The van der Waals surface area contributed by atoms with Gasteiger partial charge in [-0.3, -0.25) is 0 Å². The van der Waals surface area contributed by atoms with E-state index in [0.717, 1.165) is 48.7 Å². The number of nitrogens with one attached hydrogen (secondary N) is 2. The van der Waals surface area contributed by atoms with Gasteiger partial charge in [-0.15, -0.1) is 24.0 Å². The highest BCUT2D eigenvalue weighted by Gasteiger charge is 2.13. The Morgan fingerprint density at radius 1 is 1.17 bits per heavy atom. The maximum Gasteiger partial charge on any atom is 0.196 e. The summed E-state index contributed by atoms with van der Waals surface area (Å²) in [5.41, 5.74) is 1.92. The monoisotopic (exact) mass is 530 g/mol. The molecule has 0 saturated carbocycles. The van der Waals surface area contributed by atoms with Crippen LogP contribution in [0, 0.1) is 0 Å². The van der Waals surface area contributed by atoms with E-state index in [1.165, 1.54) is 0 Å². The molecule has 30 heavy (non-hydrogen) atoms. The van der Waals surface area contributed by atoms with E-state index in [2.05, 4.69) is 34.6 Å². The molecule has 0 radical (unpaired) electrons. The highest BCUT2D eigenvalue weighted by Crippen LogP contribution is 2.22. The number of aromatic nitrogens is 1. The molecule has 0 aliphatic heterocycles. The van der Waals surface area contributed by atoms with Crippen molar-refractivity contribution in [2.45, 2.75) is 52.5 Å². The summed E-state index contributed by atoms with van der Waals surface area (Å²) in [6.07, 6.45) is 2.97. The van der Waals surface area contributed by atoms with Gasteiger partial charge in [0.15, 0.2) is 11.7 Å². The van der Waals surface area contributed by atoms with E-state index in [0.29, 0.717) is 31.6 Å². The third-order valence-corrected chi connectivity index (χ3v) is 4.58. The Labute approximate surface area is 197 Å². The van der Waals surface area contributed by atoms with Crippen molar-refractivity contribution in [3.05, 3.63) is 41.8 Å². The van der Waals surface area contributed by atoms with E-state index in [-0.39, 0.29) is 24.0 Å². The molecule has 168 valence electrons. The van der Waals surface area contributed by atoms with Crippen molar-refractivity contribution in [1.29, 1.82) is 0 Å². The zero-order chi connectivity index (χ0) is 20.9. The standard InChI is InChI=1S/C22H34N4O3.HI/c1-5-17(6-2)21-15-20(29-26-21)16-24-22(23-7-3)25-18-10-8-11-19(14-18)28-13-9-12-27-4;/h8,10-11,14-15,17H,5-7,9,12-13,16H2,1-4H3,(H2,23,24,25);1H. The summed E-state index contributed by atoms with van der Waals surface area (Å²) >= 11 is 0. The van der Waals surface area contributed by atoms with Gasteiger partial charge in [-0.2, -0.15) is 0 Å². The Kier molecular flexibility index (Phi) is 13.2. The molecular formula is C22H35IN4O3. The first kappa shape index (κ1) is 26.2. The smallest absolute Gasteiger partial charge is 0.196 e. The number of methoxy groups -OCH3 is 1. The minimum absolute atomic E-state index is 0. The molecule has 0 aliphatic carbocycles. The fourth-order valence-corrected chi connectivity index (χ4v) is 2.96. The van der Waals surface area contributed by atoms with E-state index in [1.54, 1.807) is 7.11 Å². The fourth-order valence-electron chi connectivity index (χ4n) is 2.96. The van der Waals surface area contributed by atoms with Gasteiger partial charge in [0.2, 0.25) is 0 Å². The van der Waals surface area contributed by atoms with Gasteiger partial charge in [0, 0.05) is 50.4 Å². The molecule has 8 heteroatoms. The highest BCUT2D eigenvalue weighted by molar-refractivity contribution is 14.0. The molecule has 0 spiro atoms. The van der Waals surface area contributed by atoms with Crippen molar-refractivity contribution in [1.82, 2.24) is 10.5 Å². The number of nitrogens with zero attached hydrogens (tertiary/aromatic N) is 2. The molecule has 0 bridgehead atoms. The molecule has 0 saturated heterocycles. The summed E-state index contributed by atoms with van der Waals surface area (Å²) in [6.45, 7) is 8.87. The summed E-state index contributed by atoms with van der Waals surface area (Å²) in [6, 6.07) is 9.85. The first-order valence-electron chi connectivity index (χ1n) is 10.4. The molecule has 7 nitrogen and oxygen atoms in total. The van der Waals surface area contributed by atoms with Crippen LogP contribution in [0.25, 0.3) is 0 Å². The van der Waals surface area contributed by atoms with Crippen LogP contribution in [0.4, 0.5) is 5.69 Å². The molecule has 0 unspecified atom stereocenters. The SMILES string of the molecule is CCNC(=NCc1cc(C(CC)CC)no1)Nc1cccc(OCCCOC)c1.I. The number of hydrogen-bond acceptors (Lipinski definition) is 5. The summed E-state index contributed by atoms with van der Waals surface area (Å²) in [5, 5.41) is 10.8. The van der Waals surface area contributed by atoms with E-state index in [1.807, 2.05) is 37.3 Å². The van der Waals surface area contributed by atoms with Crippen molar-refractivity contribution in [3.8, 4) is 5.75 Å². The lowest BCUT2D eigenvalue weighted by molar-refractivity contribution is 0.172. The van der Waals surface area contributed by atoms with E-state index in [4.69, 9.17) is 14.0 Å². The van der Waals surface area contributed by atoms with Crippen LogP contribution in [0.15, 0.2) is 39.8 Å². The molecule has 0 atom stereocenters. The third kappa shape index (κ3) is 8.91. The second-order valence-electron chi connectivity index (χ2n) is 6.77. The van der Waals surface area contributed by atoms with Crippen LogP contribution in [0.1, 0.15) is 57.4 Å². The first-order chi connectivity index (χ1) is 14.2. The predicted octanol–water partition coefficient (Wildman–Crippen LogP) is 5.19. The van der Waals surface area contributed by atoms with Gasteiger partial charge in [0.1, 0.15) is 12.3 Å². The summed E-state index contributed by atoms with van der Waals surface area (Å²) in [4.78, 5) is 4.62. The maximum atomic E-state index is 5.76. The lowest BCUT2D eigenvalue weighted by Gasteiger charge is -2.12. The number of guanidine groups is 1. The van der Waals surface area contributed by atoms with Gasteiger partial charge in [-0.25, -0.2) is 4.99 Å². The molecular weight excluding hydrogens is 495 g/mol. The van der Waals surface area contributed by atoms with Crippen molar-refractivity contribution in [2.24, 2.45) is 4.99 Å². The predicted molar refractivity (Wildman–Crippen MR) is 132 cm³/mol. The Bertz CT molecular complexity index is 747. The van der Waals surface area contributed by atoms with Gasteiger partial charge >= 0.3 is 0 Å². The first-order valence-corrected chi connectivity index (χ1v) is 10.4. The van der Waals surface area contributed by atoms with Crippen molar-refractivity contribution in [3.63, 3.8) is 0 Å². The number of anilines is 1. The van der Waals surface area contributed by atoms with Gasteiger partial charge in [0.25, 0.3) is 0 Å². The van der Waals surface area contributed by atoms with Crippen molar-refractivity contribution in [2.75, 3.05) is 32.2 Å². The van der Waals surface area contributed by atoms with Crippen LogP contribution in [-0.2, 0) is 11.3 Å². The highest BCUT2D eigenvalue weighted by atomic mass is 127. The Hall–Kier alpha value is -1.81. The van der Waals surface area contributed by atoms with E-state index >= 15 is 0 Å². The molecule has 2 rings (SSSR count). The van der Waals surface area contributed by atoms with Crippen LogP contribution in [-0.4, -0.2) is 38.0 Å². The van der Waals surface area contributed by atoms with Crippen molar-refractivity contribution < 1.29 is 14.0 Å². The molecule has 0 fully saturated rings. The Balaban J connectivity index is 0.00000450. The van der Waals surface area contributed by atoms with Crippen molar-refractivity contribution >= 4 is 35.6 Å². The van der Waals surface area contributed by atoms with Gasteiger partial charge in [-0.05, 0) is 31.9 Å². The number of rotatable bonds is 12. The summed E-state index contributed by atoms with van der Waals surface area (Å²) in [5.74, 6) is 2.70. The topological polar surface area (TPSA) is 80.9 Å². The van der Waals surface area contributed by atoms with Gasteiger partial charge in [-0.1, -0.05) is 25.1 Å². The number of aliphatic imine (C=N–C) groups is 1. The van der Waals surface area contributed by atoms with Crippen LogP contribution in [0.5, 0.6) is 5.75 Å². The summed E-state index contributed by atoms with van der Waals surface area (Å²) < 4.78 is 16.3. The minimum atomic E-state index is 0. The fraction of sp³-hybridized carbons (Fsp3) is 0.545. The molecule has 0 amide bonds. The maximum absolute atomic E-state index is 5.76. The number of halogens is 1. The van der Waals surface area contributed by atoms with Gasteiger partial charge < -0.3 is 24.6 Å². The number of hydrogen-bond donors (Lipinski definition) is 2. The normalized spacial score (nSPS) is 11.3. The third-order valence-electron chi connectivity index (χ3n) is 4.58. The second-order valence-corrected chi connectivity index (χ2v) is 6.77. The molecule has 2 aromatic rings. The molecule has 2 N–H and O–H groups in total. The van der Waals surface area contributed by atoms with E-state index in [9.17, 15) is 0 Å². The van der Waals surface area contributed by atoms with E-state index < -0.39 is 0 Å². The number of ether oxygens (including phenoxy) is 2. The largest absolute Gasteiger partial charge is 0.493 e. The molecule has 0 aliphatic rings. The number of benzene rings is 1.